The van der Waals surface area contributed by atoms with Crippen molar-refractivity contribution in [3.8, 4) is 5.75 Å². The number of benzene rings is 1. The molecule has 0 saturated heterocycles. The SMILES string of the molecule is CC.Cc1ccc2c(c1)OCCC2C. The predicted molar refractivity (Wildman–Crippen MR) is 61.1 cm³/mol. The summed E-state index contributed by atoms with van der Waals surface area (Å²) in [4.78, 5) is 0. The number of ether oxygens (including phenoxy) is 1. The number of rotatable bonds is 0. The monoisotopic (exact) mass is 192 g/mol. The first kappa shape index (κ1) is 11.1. The van der Waals surface area contributed by atoms with Crippen LogP contribution in [-0.2, 0) is 0 Å². The molecular formula is C13H20O. The van der Waals surface area contributed by atoms with Crippen LogP contribution in [0.5, 0.6) is 5.75 Å². The van der Waals surface area contributed by atoms with E-state index in [1.165, 1.54) is 11.1 Å². The lowest BCUT2D eigenvalue weighted by molar-refractivity contribution is 0.272. The molecule has 1 heteroatoms. The van der Waals surface area contributed by atoms with E-state index in [9.17, 15) is 0 Å². The normalized spacial score (nSPS) is 18.7. The molecule has 0 aliphatic carbocycles. The van der Waals surface area contributed by atoms with Gasteiger partial charge in [0.05, 0.1) is 6.61 Å². The fraction of sp³-hybridized carbons (Fsp3) is 0.538. The lowest BCUT2D eigenvalue weighted by atomic mass is 9.94. The highest BCUT2D eigenvalue weighted by atomic mass is 16.5. The number of hydrogen-bond acceptors (Lipinski definition) is 1. The highest BCUT2D eigenvalue weighted by molar-refractivity contribution is 5.40. The first-order valence-corrected chi connectivity index (χ1v) is 5.51. The van der Waals surface area contributed by atoms with Crippen LogP contribution in [0.3, 0.4) is 0 Å². The van der Waals surface area contributed by atoms with Crippen molar-refractivity contribution in [2.45, 2.75) is 40.0 Å². The summed E-state index contributed by atoms with van der Waals surface area (Å²) < 4.78 is 5.57. The zero-order valence-corrected chi connectivity index (χ0v) is 9.63. The Labute approximate surface area is 87.1 Å². The van der Waals surface area contributed by atoms with Crippen LogP contribution in [0.25, 0.3) is 0 Å². The van der Waals surface area contributed by atoms with E-state index in [-0.39, 0.29) is 0 Å². The fourth-order valence-electron chi connectivity index (χ4n) is 1.67. The number of fused-ring (bicyclic) bond motifs is 1. The summed E-state index contributed by atoms with van der Waals surface area (Å²) in [5, 5.41) is 0. The minimum absolute atomic E-state index is 0.661. The second-order valence-corrected chi connectivity index (χ2v) is 3.58. The topological polar surface area (TPSA) is 9.23 Å². The molecule has 0 radical (unpaired) electrons. The Balaban J connectivity index is 0.000000461. The molecule has 0 aromatic heterocycles. The highest BCUT2D eigenvalue weighted by Crippen LogP contribution is 2.33. The third-order valence-corrected chi connectivity index (χ3v) is 2.51. The van der Waals surface area contributed by atoms with Crippen molar-refractivity contribution in [1.29, 1.82) is 0 Å². The molecule has 0 N–H and O–H groups in total. The summed E-state index contributed by atoms with van der Waals surface area (Å²) in [5.74, 6) is 1.75. The van der Waals surface area contributed by atoms with Crippen LogP contribution in [0.15, 0.2) is 18.2 Å². The lowest BCUT2D eigenvalue weighted by Crippen LogP contribution is -2.11. The molecule has 14 heavy (non-hydrogen) atoms. The Morgan fingerprint density at radius 3 is 2.71 bits per heavy atom. The summed E-state index contributed by atoms with van der Waals surface area (Å²) in [6, 6.07) is 6.48. The van der Waals surface area contributed by atoms with Gasteiger partial charge in [-0.1, -0.05) is 32.9 Å². The van der Waals surface area contributed by atoms with Gasteiger partial charge in [0.15, 0.2) is 0 Å². The average Bonchev–Trinajstić information content (AvgIpc) is 2.21. The summed E-state index contributed by atoms with van der Waals surface area (Å²) in [6.07, 6.45) is 1.15. The molecule has 2 rings (SSSR count). The maximum atomic E-state index is 5.57. The van der Waals surface area contributed by atoms with Crippen molar-refractivity contribution in [3.05, 3.63) is 29.3 Å². The van der Waals surface area contributed by atoms with Gasteiger partial charge in [-0.15, -0.1) is 0 Å². The second kappa shape index (κ2) is 5.04. The van der Waals surface area contributed by atoms with Crippen LogP contribution in [0.4, 0.5) is 0 Å². The molecule has 0 spiro atoms. The van der Waals surface area contributed by atoms with E-state index in [0.29, 0.717) is 5.92 Å². The van der Waals surface area contributed by atoms with E-state index in [1.807, 2.05) is 13.8 Å². The third-order valence-electron chi connectivity index (χ3n) is 2.51. The van der Waals surface area contributed by atoms with Crippen LogP contribution >= 0.6 is 0 Å². The van der Waals surface area contributed by atoms with Crippen molar-refractivity contribution >= 4 is 0 Å². The van der Waals surface area contributed by atoms with Gasteiger partial charge in [-0.2, -0.15) is 0 Å². The molecule has 78 valence electrons. The summed E-state index contributed by atoms with van der Waals surface area (Å²) in [6.45, 7) is 9.23. The second-order valence-electron chi connectivity index (χ2n) is 3.58. The molecule has 1 aromatic carbocycles. The van der Waals surface area contributed by atoms with Crippen LogP contribution in [-0.4, -0.2) is 6.61 Å². The average molecular weight is 192 g/mol. The summed E-state index contributed by atoms with van der Waals surface area (Å²) >= 11 is 0. The quantitative estimate of drug-likeness (QED) is 0.605. The molecule has 1 nitrogen and oxygen atoms in total. The smallest absolute Gasteiger partial charge is 0.123 e. The van der Waals surface area contributed by atoms with Gasteiger partial charge in [0.1, 0.15) is 5.75 Å². The fourth-order valence-corrected chi connectivity index (χ4v) is 1.67. The van der Waals surface area contributed by atoms with E-state index >= 15 is 0 Å². The zero-order valence-electron chi connectivity index (χ0n) is 9.63. The third kappa shape index (κ3) is 2.28. The lowest BCUT2D eigenvalue weighted by Gasteiger charge is -2.23. The molecule has 1 aliphatic heterocycles. The van der Waals surface area contributed by atoms with E-state index in [4.69, 9.17) is 4.74 Å². The van der Waals surface area contributed by atoms with Gasteiger partial charge in [0.25, 0.3) is 0 Å². The Bertz CT molecular complexity index is 291. The van der Waals surface area contributed by atoms with Gasteiger partial charge in [-0.05, 0) is 36.5 Å². The molecule has 0 bridgehead atoms. The molecule has 0 amide bonds. The van der Waals surface area contributed by atoms with Gasteiger partial charge in [0.2, 0.25) is 0 Å². The summed E-state index contributed by atoms with van der Waals surface area (Å²) in [5.41, 5.74) is 2.65. The Hall–Kier alpha value is -0.980. The Morgan fingerprint density at radius 2 is 2.00 bits per heavy atom. The number of hydrogen-bond donors (Lipinski definition) is 0. The molecule has 1 atom stereocenters. The Morgan fingerprint density at radius 1 is 1.29 bits per heavy atom. The summed E-state index contributed by atoms with van der Waals surface area (Å²) in [7, 11) is 0. The maximum absolute atomic E-state index is 5.57. The molecule has 0 fully saturated rings. The van der Waals surface area contributed by atoms with Gasteiger partial charge >= 0.3 is 0 Å². The van der Waals surface area contributed by atoms with Crippen LogP contribution in [0.2, 0.25) is 0 Å². The van der Waals surface area contributed by atoms with Crippen molar-refractivity contribution in [1.82, 2.24) is 0 Å². The zero-order chi connectivity index (χ0) is 10.6. The largest absolute Gasteiger partial charge is 0.493 e. The highest BCUT2D eigenvalue weighted by Gasteiger charge is 2.16. The van der Waals surface area contributed by atoms with Gasteiger partial charge in [-0.3, -0.25) is 0 Å². The minimum atomic E-state index is 0.661. The molecule has 1 aliphatic rings. The molecule has 1 aromatic rings. The van der Waals surface area contributed by atoms with Crippen molar-refractivity contribution in [2.75, 3.05) is 6.61 Å². The van der Waals surface area contributed by atoms with Crippen LogP contribution < -0.4 is 4.74 Å². The van der Waals surface area contributed by atoms with Gasteiger partial charge < -0.3 is 4.74 Å². The standard InChI is InChI=1S/C11H14O.C2H6/c1-8-3-4-10-9(2)5-6-12-11(10)7-8;1-2/h3-4,7,9H,5-6H2,1-2H3;1-2H3. The van der Waals surface area contributed by atoms with Gasteiger partial charge in [0, 0.05) is 0 Å². The molecule has 0 saturated carbocycles. The minimum Gasteiger partial charge on any atom is -0.493 e. The van der Waals surface area contributed by atoms with Crippen LogP contribution in [0.1, 0.15) is 44.2 Å². The maximum Gasteiger partial charge on any atom is 0.123 e. The van der Waals surface area contributed by atoms with E-state index < -0.39 is 0 Å². The van der Waals surface area contributed by atoms with Crippen molar-refractivity contribution < 1.29 is 4.74 Å². The first-order chi connectivity index (χ1) is 6.77. The molecular weight excluding hydrogens is 172 g/mol. The first-order valence-electron chi connectivity index (χ1n) is 5.51. The van der Waals surface area contributed by atoms with Crippen LogP contribution in [0, 0.1) is 6.92 Å². The van der Waals surface area contributed by atoms with E-state index in [2.05, 4.69) is 32.0 Å². The van der Waals surface area contributed by atoms with Gasteiger partial charge in [-0.25, -0.2) is 0 Å². The number of aryl methyl sites for hydroxylation is 1. The predicted octanol–water partition coefficient (Wildman–Crippen LogP) is 3.91. The van der Waals surface area contributed by atoms with Crippen molar-refractivity contribution in [3.63, 3.8) is 0 Å². The molecule has 1 heterocycles. The molecule has 1 unspecified atom stereocenters. The van der Waals surface area contributed by atoms with E-state index in [1.54, 1.807) is 0 Å². The van der Waals surface area contributed by atoms with Crippen molar-refractivity contribution in [2.24, 2.45) is 0 Å². The Kier molecular flexibility index (Phi) is 3.99. The van der Waals surface area contributed by atoms with E-state index in [0.717, 1.165) is 18.8 Å².